The zero-order valence-electron chi connectivity index (χ0n) is 10.6. The van der Waals surface area contributed by atoms with Crippen molar-refractivity contribution in [2.45, 2.75) is 85.0 Å². The van der Waals surface area contributed by atoms with E-state index in [2.05, 4.69) is 20.8 Å². The van der Waals surface area contributed by atoms with Crippen LogP contribution in [0.3, 0.4) is 0 Å². The first kappa shape index (κ1) is 14.0. The topological polar surface area (TPSA) is 0 Å². The van der Waals surface area contributed by atoms with Gasteiger partial charge in [0, 0.05) is 0 Å². The summed E-state index contributed by atoms with van der Waals surface area (Å²) in [4.78, 5) is 0. The summed E-state index contributed by atoms with van der Waals surface area (Å²) in [5, 5.41) is 0. The maximum Gasteiger partial charge on any atom is -0.0471 e. The molecule has 0 heteroatoms. The van der Waals surface area contributed by atoms with Gasteiger partial charge >= 0.3 is 0 Å². The molecule has 0 bridgehead atoms. The van der Waals surface area contributed by atoms with Crippen LogP contribution < -0.4 is 0 Å². The number of unbranched alkanes of at least 4 members (excludes halogenated alkanes) is 2. The molecule has 86 valence electrons. The predicted molar refractivity (Wildman–Crippen MR) is 66.7 cm³/mol. The van der Waals surface area contributed by atoms with Crippen LogP contribution in [0.5, 0.6) is 0 Å². The van der Waals surface area contributed by atoms with E-state index in [0.717, 1.165) is 5.92 Å². The lowest BCUT2D eigenvalue weighted by molar-refractivity contribution is 0.504. The minimum absolute atomic E-state index is 0.904. The molecule has 0 spiro atoms. The first-order valence-electron chi connectivity index (χ1n) is 6.77. The summed E-state index contributed by atoms with van der Waals surface area (Å²) < 4.78 is 0. The molecule has 0 aliphatic heterocycles. The van der Waals surface area contributed by atoms with Crippen LogP contribution in [-0.4, -0.2) is 0 Å². The Labute approximate surface area is 91.5 Å². The smallest absolute Gasteiger partial charge is 0.0471 e. The molecule has 0 radical (unpaired) electrons. The molecule has 0 saturated heterocycles. The van der Waals surface area contributed by atoms with Crippen molar-refractivity contribution in [2.75, 3.05) is 0 Å². The van der Waals surface area contributed by atoms with Gasteiger partial charge in [0.1, 0.15) is 0 Å². The van der Waals surface area contributed by atoms with Crippen molar-refractivity contribution in [1.82, 2.24) is 0 Å². The molecule has 0 unspecified atom stereocenters. The lowest BCUT2D eigenvalue weighted by atomic mass is 10.0. The molecule has 1 saturated carbocycles. The van der Waals surface area contributed by atoms with E-state index in [4.69, 9.17) is 0 Å². The minimum atomic E-state index is 0.904. The Kier molecular flexibility index (Phi) is 11.1. The lowest BCUT2D eigenvalue weighted by Gasteiger charge is -2.05. The Hall–Kier alpha value is 0. The standard InChI is InChI=1S/C8H18.C6H12/c1-4-5-6-7-8(2)3;1-2-4-6-5-3-1/h8H,4-7H2,1-3H3;1-6H2. The molecular weight excluding hydrogens is 168 g/mol. The molecule has 0 nitrogen and oxygen atoms in total. The van der Waals surface area contributed by atoms with E-state index in [-0.39, 0.29) is 0 Å². The molecule has 14 heavy (non-hydrogen) atoms. The second-order valence-electron chi connectivity index (χ2n) is 5.01. The highest BCUT2D eigenvalue weighted by Crippen LogP contribution is 2.15. The van der Waals surface area contributed by atoms with E-state index >= 15 is 0 Å². The fraction of sp³-hybridized carbons (Fsp3) is 1.00. The van der Waals surface area contributed by atoms with E-state index in [0.29, 0.717) is 0 Å². The Bertz CT molecular complexity index is 78.7. The molecule has 1 aliphatic carbocycles. The first-order valence-corrected chi connectivity index (χ1v) is 6.77. The average molecular weight is 198 g/mol. The van der Waals surface area contributed by atoms with Crippen molar-refractivity contribution in [3.05, 3.63) is 0 Å². The zero-order valence-corrected chi connectivity index (χ0v) is 10.6. The Morgan fingerprint density at radius 2 is 1.21 bits per heavy atom. The highest BCUT2D eigenvalue weighted by molar-refractivity contribution is 4.51. The van der Waals surface area contributed by atoms with Crippen LogP contribution >= 0.6 is 0 Å². The lowest BCUT2D eigenvalue weighted by Crippen LogP contribution is -1.85. The summed E-state index contributed by atoms with van der Waals surface area (Å²) in [6, 6.07) is 0. The van der Waals surface area contributed by atoms with Crippen LogP contribution in [0.15, 0.2) is 0 Å². The molecule has 0 N–H and O–H groups in total. The van der Waals surface area contributed by atoms with Crippen molar-refractivity contribution in [1.29, 1.82) is 0 Å². The van der Waals surface area contributed by atoms with Gasteiger partial charge in [0.25, 0.3) is 0 Å². The van der Waals surface area contributed by atoms with Gasteiger partial charge in [-0.2, -0.15) is 0 Å². The van der Waals surface area contributed by atoms with E-state index in [1.165, 1.54) is 64.2 Å². The number of hydrogen-bond donors (Lipinski definition) is 0. The van der Waals surface area contributed by atoms with Gasteiger partial charge in [0.2, 0.25) is 0 Å². The number of rotatable bonds is 4. The first-order chi connectivity index (χ1) is 6.77. The third kappa shape index (κ3) is 12.0. The molecule has 0 heterocycles. The molecule has 0 aromatic heterocycles. The van der Waals surface area contributed by atoms with Crippen LogP contribution in [0.25, 0.3) is 0 Å². The molecule has 1 fully saturated rings. The van der Waals surface area contributed by atoms with Crippen LogP contribution in [-0.2, 0) is 0 Å². The van der Waals surface area contributed by atoms with Gasteiger partial charge in [-0.15, -0.1) is 0 Å². The average Bonchev–Trinajstić information content (AvgIpc) is 2.21. The SMILES string of the molecule is C1CCCCC1.CCCCCC(C)C. The number of hydrogen-bond acceptors (Lipinski definition) is 0. The summed E-state index contributed by atoms with van der Waals surface area (Å²) in [6.07, 6.45) is 14.6. The van der Waals surface area contributed by atoms with Gasteiger partial charge < -0.3 is 0 Å². The largest absolute Gasteiger partial charge is 0.0654 e. The van der Waals surface area contributed by atoms with E-state index in [9.17, 15) is 0 Å². The van der Waals surface area contributed by atoms with Gasteiger partial charge in [0.05, 0.1) is 0 Å². The van der Waals surface area contributed by atoms with Gasteiger partial charge in [-0.3, -0.25) is 0 Å². The Morgan fingerprint density at radius 3 is 1.50 bits per heavy atom. The summed E-state index contributed by atoms with van der Waals surface area (Å²) in [6.45, 7) is 6.83. The maximum absolute atomic E-state index is 2.29. The van der Waals surface area contributed by atoms with Crippen LogP contribution in [0.4, 0.5) is 0 Å². The van der Waals surface area contributed by atoms with Crippen molar-refractivity contribution in [3.63, 3.8) is 0 Å². The Morgan fingerprint density at radius 1 is 0.786 bits per heavy atom. The van der Waals surface area contributed by atoms with Crippen molar-refractivity contribution in [2.24, 2.45) is 5.92 Å². The van der Waals surface area contributed by atoms with E-state index < -0.39 is 0 Å². The molecule has 0 aromatic rings. The quantitative estimate of drug-likeness (QED) is 0.518. The maximum atomic E-state index is 2.29. The van der Waals surface area contributed by atoms with Crippen molar-refractivity contribution >= 4 is 0 Å². The zero-order chi connectivity index (χ0) is 10.6. The molecular formula is C14H30. The van der Waals surface area contributed by atoms with E-state index in [1.807, 2.05) is 0 Å². The van der Waals surface area contributed by atoms with Gasteiger partial charge in [-0.25, -0.2) is 0 Å². The summed E-state index contributed by atoms with van der Waals surface area (Å²) in [5.41, 5.74) is 0. The fourth-order valence-corrected chi connectivity index (χ4v) is 1.86. The van der Waals surface area contributed by atoms with Crippen LogP contribution in [0.1, 0.15) is 85.0 Å². The summed E-state index contributed by atoms with van der Waals surface area (Å²) in [5.74, 6) is 0.904. The fourth-order valence-electron chi connectivity index (χ4n) is 1.86. The molecule has 0 atom stereocenters. The molecule has 0 aromatic carbocycles. The van der Waals surface area contributed by atoms with Gasteiger partial charge in [-0.1, -0.05) is 85.0 Å². The Balaban J connectivity index is 0.000000249. The minimum Gasteiger partial charge on any atom is -0.0654 e. The summed E-state index contributed by atoms with van der Waals surface area (Å²) in [7, 11) is 0. The second kappa shape index (κ2) is 11.1. The van der Waals surface area contributed by atoms with E-state index in [1.54, 1.807) is 0 Å². The summed E-state index contributed by atoms with van der Waals surface area (Å²) >= 11 is 0. The van der Waals surface area contributed by atoms with Crippen molar-refractivity contribution < 1.29 is 0 Å². The van der Waals surface area contributed by atoms with Gasteiger partial charge in [0.15, 0.2) is 0 Å². The highest BCUT2D eigenvalue weighted by atomic mass is 14.0. The van der Waals surface area contributed by atoms with Gasteiger partial charge in [-0.05, 0) is 5.92 Å². The highest BCUT2D eigenvalue weighted by Gasteiger charge is 1.95. The normalized spacial score (nSPS) is 16.3. The third-order valence-electron chi connectivity index (χ3n) is 2.89. The predicted octanol–water partition coefficient (Wildman–Crippen LogP) is 5.56. The van der Waals surface area contributed by atoms with Crippen molar-refractivity contribution in [3.8, 4) is 0 Å². The monoisotopic (exact) mass is 198 g/mol. The molecule has 1 aliphatic rings. The molecule has 1 rings (SSSR count). The molecule has 0 amide bonds. The second-order valence-corrected chi connectivity index (χ2v) is 5.01. The van der Waals surface area contributed by atoms with Crippen LogP contribution in [0, 0.1) is 5.92 Å². The third-order valence-corrected chi connectivity index (χ3v) is 2.89. The van der Waals surface area contributed by atoms with Crippen LogP contribution in [0.2, 0.25) is 0 Å².